The normalized spacial score (nSPS) is 20.5. The van der Waals surface area contributed by atoms with Gasteiger partial charge in [-0.3, -0.25) is 0 Å². The third-order valence-corrected chi connectivity index (χ3v) is 3.85. The predicted molar refractivity (Wildman–Crippen MR) is 71.5 cm³/mol. The van der Waals surface area contributed by atoms with E-state index in [1.165, 1.54) is 19.4 Å². The Kier molecular flexibility index (Phi) is 3.77. The van der Waals surface area contributed by atoms with Crippen molar-refractivity contribution >= 4 is 12.6 Å². The van der Waals surface area contributed by atoms with Crippen molar-refractivity contribution in [2.24, 2.45) is 0 Å². The van der Waals surface area contributed by atoms with Gasteiger partial charge in [-0.25, -0.2) is 13.8 Å². The van der Waals surface area contributed by atoms with Crippen LogP contribution in [0.15, 0.2) is 12.3 Å². The summed E-state index contributed by atoms with van der Waals surface area (Å²) < 4.78 is 42.4. The zero-order valence-electron chi connectivity index (χ0n) is 12.2. The van der Waals surface area contributed by atoms with Crippen molar-refractivity contribution in [3.63, 3.8) is 0 Å². The molecule has 1 fully saturated rings. The Morgan fingerprint density at radius 2 is 1.75 bits per heavy atom. The molecule has 0 spiro atoms. The van der Waals surface area contributed by atoms with Gasteiger partial charge in [-0.05, 0) is 33.8 Å². The minimum Gasteiger partial charge on any atom is -0.481 e. The van der Waals surface area contributed by atoms with Gasteiger partial charge in [-0.15, -0.1) is 0 Å². The van der Waals surface area contributed by atoms with Gasteiger partial charge in [-0.2, -0.15) is 0 Å². The van der Waals surface area contributed by atoms with E-state index in [-0.39, 0.29) is 11.4 Å². The fraction of sp³-hybridized carbons (Fsp3) is 0.615. The monoisotopic (exact) mass is 285 g/mol. The Bertz CT molecular complexity index is 492. The van der Waals surface area contributed by atoms with Crippen LogP contribution in [0.2, 0.25) is 0 Å². The Morgan fingerprint density at radius 3 is 2.20 bits per heavy atom. The number of ether oxygens (including phenoxy) is 1. The molecule has 0 N–H and O–H groups in total. The molecule has 110 valence electrons. The average molecular weight is 285 g/mol. The van der Waals surface area contributed by atoms with E-state index in [1.54, 1.807) is 0 Å². The zero-order chi connectivity index (χ0) is 15.1. The molecule has 4 nitrogen and oxygen atoms in total. The maximum Gasteiger partial charge on any atom is 0.496 e. The summed E-state index contributed by atoms with van der Waals surface area (Å²) in [6.07, 6.45) is -1.23. The van der Waals surface area contributed by atoms with Crippen LogP contribution >= 0.6 is 0 Å². The highest BCUT2D eigenvalue weighted by molar-refractivity contribution is 6.62. The first-order valence-corrected chi connectivity index (χ1v) is 6.35. The van der Waals surface area contributed by atoms with Crippen LogP contribution in [0.5, 0.6) is 5.88 Å². The van der Waals surface area contributed by atoms with Gasteiger partial charge in [-0.1, -0.05) is 0 Å². The van der Waals surface area contributed by atoms with Gasteiger partial charge in [0, 0.05) is 11.7 Å². The summed E-state index contributed by atoms with van der Waals surface area (Å²) >= 11 is 0. The first kappa shape index (κ1) is 15.2. The zero-order valence-corrected chi connectivity index (χ0v) is 12.2. The van der Waals surface area contributed by atoms with Crippen molar-refractivity contribution in [3.8, 4) is 5.88 Å². The molecule has 0 radical (unpaired) electrons. The molecule has 0 atom stereocenters. The molecule has 1 aliphatic heterocycles. The van der Waals surface area contributed by atoms with E-state index >= 15 is 0 Å². The quantitative estimate of drug-likeness (QED) is 0.799. The third kappa shape index (κ3) is 2.52. The molecule has 0 aromatic carbocycles. The molecule has 0 aliphatic carbocycles. The van der Waals surface area contributed by atoms with Crippen molar-refractivity contribution in [1.29, 1.82) is 0 Å². The maximum atomic E-state index is 13.0. The van der Waals surface area contributed by atoms with Crippen molar-refractivity contribution in [2.75, 3.05) is 7.11 Å². The van der Waals surface area contributed by atoms with E-state index in [9.17, 15) is 8.78 Å². The number of methoxy groups -OCH3 is 1. The van der Waals surface area contributed by atoms with Crippen LogP contribution in [-0.2, 0) is 9.31 Å². The first-order valence-electron chi connectivity index (χ1n) is 6.35. The topological polar surface area (TPSA) is 40.6 Å². The Hall–Kier alpha value is -1.21. The highest BCUT2D eigenvalue weighted by Gasteiger charge is 2.52. The lowest BCUT2D eigenvalue weighted by molar-refractivity contribution is 0.00578. The molecule has 1 aromatic rings. The number of aromatic nitrogens is 1. The Labute approximate surface area is 117 Å². The van der Waals surface area contributed by atoms with Gasteiger partial charge >= 0.3 is 7.12 Å². The van der Waals surface area contributed by atoms with Crippen LogP contribution in [-0.4, -0.2) is 30.4 Å². The summed E-state index contributed by atoms with van der Waals surface area (Å²) in [5, 5.41) is 0. The van der Waals surface area contributed by atoms with Crippen molar-refractivity contribution < 1.29 is 22.8 Å². The van der Waals surface area contributed by atoms with Crippen LogP contribution in [0.4, 0.5) is 8.78 Å². The van der Waals surface area contributed by atoms with Crippen molar-refractivity contribution in [3.05, 3.63) is 17.8 Å². The van der Waals surface area contributed by atoms with Crippen LogP contribution in [0.1, 0.15) is 39.7 Å². The van der Waals surface area contributed by atoms with Crippen LogP contribution in [0.25, 0.3) is 0 Å². The first-order chi connectivity index (χ1) is 9.18. The summed E-state index contributed by atoms with van der Waals surface area (Å²) in [6, 6.07) is 1.32. The summed E-state index contributed by atoms with van der Waals surface area (Å²) in [6.45, 7) is 7.60. The lowest BCUT2D eigenvalue weighted by atomic mass is 9.79. The van der Waals surface area contributed by atoms with E-state index in [0.29, 0.717) is 5.46 Å². The molecule has 1 aliphatic rings. The minimum atomic E-state index is -2.67. The summed E-state index contributed by atoms with van der Waals surface area (Å²) in [5.41, 5.74) is -0.856. The minimum absolute atomic E-state index is 0.0831. The number of hydrogen-bond donors (Lipinski definition) is 0. The summed E-state index contributed by atoms with van der Waals surface area (Å²) in [7, 11) is 0.596. The second-order valence-corrected chi connectivity index (χ2v) is 5.76. The Balaban J connectivity index is 2.34. The van der Waals surface area contributed by atoms with Gasteiger partial charge in [0.25, 0.3) is 6.43 Å². The summed E-state index contributed by atoms with van der Waals surface area (Å²) in [5.74, 6) is -0.0831. The largest absolute Gasteiger partial charge is 0.496 e. The average Bonchev–Trinajstić information content (AvgIpc) is 2.57. The lowest BCUT2D eigenvalue weighted by Crippen LogP contribution is -2.41. The highest BCUT2D eigenvalue weighted by Crippen LogP contribution is 2.37. The molecule has 0 amide bonds. The predicted octanol–water partition coefficient (Wildman–Crippen LogP) is 2.33. The number of halogens is 2. The number of pyridine rings is 1. The molecule has 1 aromatic heterocycles. The van der Waals surface area contributed by atoms with Gasteiger partial charge in [0.2, 0.25) is 5.88 Å². The molecule has 7 heteroatoms. The van der Waals surface area contributed by atoms with Crippen LogP contribution in [0.3, 0.4) is 0 Å². The molecule has 2 heterocycles. The highest BCUT2D eigenvalue weighted by atomic mass is 19.3. The Morgan fingerprint density at radius 1 is 1.20 bits per heavy atom. The number of nitrogens with zero attached hydrogens (tertiary/aromatic N) is 1. The van der Waals surface area contributed by atoms with E-state index < -0.39 is 24.7 Å². The molecular weight excluding hydrogens is 267 g/mol. The number of alkyl halides is 2. The van der Waals surface area contributed by atoms with Crippen LogP contribution in [0, 0.1) is 0 Å². The van der Waals surface area contributed by atoms with E-state index in [4.69, 9.17) is 14.0 Å². The smallest absolute Gasteiger partial charge is 0.481 e. The van der Waals surface area contributed by atoms with E-state index in [1.807, 2.05) is 27.7 Å². The van der Waals surface area contributed by atoms with Crippen molar-refractivity contribution in [2.45, 2.75) is 45.3 Å². The molecule has 2 rings (SSSR count). The molecule has 1 saturated heterocycles. The standard InChI is InChI=1S/C13H18BF2NO3/c1-12(2)13(3,4)20-14(19-12)8-6-9(10(15)16)11(18-5)17-7-8/h6-7,10H,1-5H3. The van der Waals surface area contributed by atoms with E-state index in [0.717, 1.165) is 0 Å². The van der Waals surface area contributed by atoms with E-state index in [2.05, 4.69) is 4.98 Å². The van der Waals surface area contributed by atoms with Gasteiger partial charge < -0.3 is 14.0 Å². The van der Waals surface area contributed by atoms with Gasteiger partial charge in [0.05, 0.1) is 23.9 Å². The van der Waals surface area contributed by atoms with Crippen LogP contribution < -0.4 is 10.2 Å². The summed E-state index contributed by atoms with van der Waals surface area (Å²) in [4.78, 5) is 3.90. The number of rotatable bonds is 3. The fourth-order valence-electron chi connectivity index (χ4n) is 1.92. The molecule has 20 heavy (non-hydrogen) atoms. The van der Waals surface area contributed by atoms with Gasteiger partial charge in [0.1, 0.15) is 0 Å². The molecule has 0 saturated carbocycles. The molecule has 0 bridgehead atoms. The molecule has 0 unspecified atom stereocenters. The molecular formula is C13H18BF2NO3. The second kappa shape index (κ2) is 4.97. The second-order valence-electron chi connectivity index (χ2n) is 5.76. The maximum absolute atomic E-state index is 13.0. The number of hydrogen-bond acceptors (Lipinski definition) is 4. The van der Waals surface area contributed by atoms with Gasteiger partial charge in [0.15, 0.2) is 0 Å². The van der Waals surface area contributed by atoms with Crippen molar-refractivity contribution in [1.82, 2.24) is 4.98 Å². The fourth-order valence-corrected chi connectivity index (χ4v) is 1.92. The third-order valence-electron chi connectivity index (χ3n) is 3.85. The SMILES string of the molecule is COc1ncc(B2OC(C)(C)C(C)(C)O2)cc1C(F)F. The lowest BCUT2D eigenvalue weighted by Gasteiger charge is -2.32.